The first kappa shape index (κ1) is 15.6. The van der Waals surface area contributed by atoms with Gasteiger partial charge in [-0.3, -0.25) is 24.1 Å². The number of nitrogens with one attached hydrogen (secondary N) is 2. The summed E-state index contributed by atoms with van der Waals surface area (Å²) in [5, 5.41) is 10.2. The van der Waals surface area contributed by atoms with Gasteiger partial charge in [0.25, 0.3) is 5.56 Å². The Hall–Kier alpha value is -1.96. The minimum absolute atomic E-state index is 0.0592. The molecule has 1 aliphatic heterocycles. The van der Waals surface area contributed by atoms with E-state index in [0.29, 0.717) is 17.1 Å². The van der Waals surface area contributed by atoms with Crippen molar-refractivity contribution >= 4 is 23.5 Å². The molecule has 24 heavy (non-hydrogen) atoms. The first-order valence-electron chi connectivity index (χ1n) is 8.30. The summed E-state index contributed by atoms with van der Waals surface area (Å²) in [5.74, 6) is 0.920. The van der Waals surface area contributed by atoms with Crippen LogP contribution in [0.1, 0.15) is 53.8 Å². The number of rotatable bonds is 2. The molecule has 2 aliphatic rings. The highest BCUT2D eigenvalue weighted by atomic mass is 32.2. The highest BCUT2D eigenvalue weighted by molar-refractivity contribution is 8.00. The largest absolute Gasteiger partial charge is 0.310 e. The molecule has 4 rings (SSSR count). The van der Waals surface area contributed by atoms with Gasteiger partial charge in [0, 0.05) is 18.8 Å². The van der Waals surface area contributed by atoms with E-state index in [1.807, 2.05) is 24.9 Å². The number of carbonyl (C=O) groups excluding carboxylic acids is 1. The fourth-order valence-electron chi connectivity index (χ4n) is 3.80. The van der Waals surface area contributed by atoms with Crippen LogP contribution in [0.4, 0.5) is 5.82 Å². The number of hydrogen-bond acceptors (Lipinski definition) is 4. The first-order valence-corrected chi connectivity index (χ1v) is 9.35. The molecule has 0 saturated heterocycles. The zero-order valence-corrected chi connectivity index (χ0v) is 14.7. The number of hydrogen-bond donors (Lipinski definition) is 2. The maximum Gasteiger partial charge on any atom is 0.270 e. The minimum atomic E-state index is -0.181. The van der Waals surface area contributed by atoms with Crippen molar-refractivity contribution in [2.75, 3.05) is 11.1 Å². The lowest BCUT2D eigenvalue weighted by Crippen LogP contribution is -2.18. The maximum absolute atomic E-state index is 12.7. The zero-order chi connectivity index (χ0) is 16.8. The van der Waals surface area contributed by atoms with E-state index in [0.717, 1.165) is 36.9 Å². The molecular formula is C16H21N5O2S. The molecule has 2 aromatic heterocycles. The molecule has 1 atom stereocenters. The number of anilines is 1. The molecule has 2 aromatic rings. The van der Waals surface area contributed by atoms with Crippen LogP contribution in [0.3, 0.4) is 0 Å². The van der Waals surface area contributed by atoms with Gasteiger partial charge in [-0.05, 0) is 19.8 Å². The average Bonchev–Trinajstić information content (AvgIpc) is 3.20. The molecule has 8 heteroatoms. The van der Waals surface area contributed by atoms with Crippen LogP contribution in [0.15, 0.2) is 11.0 Å². The first-order chi connectivity index (χ1) is 11.5. The van der Waals surface area contributed by atoms with Gasteiger partial charge in [0.05, 0.1) is 28.3 Å². The second-order valence-electron chi connectivity index (χ2n) is 6.59. The maximum atomic E-state index is 12.7. The van der Waals surface area contributed by atoms with Crippen molar-refractivity contribution in [2.45, 2.75) is 43.9 Å². The van der Waals surface area contributed by atoms with Gasteiger partial charge in [0.1, 0.15) is 5.82 Å². The van der Waals surface area contributed by atoms with E-state index >= 15 is 0 Å². The number of nitrogens with zero attached hydrogens (tertiary/aromatic N) is 3. The minimum Gasteiger partial charge on any atom is -0.310 e. The summed E-state index contributed by atoms with van der Waals surface area (Å²) in [7, 11) is 1.87. The smallest absolute Gasteiger partial charge is 0.270 e. The average molecular weight is 347 g/mol. The molecular weight excluding hydrogens is 326 g/mol. The summed E-state index contributed by atoms with van der Waals surface area (Å²) in [5.41, 5.74) is 2.42. The quantitative estimate of drug-likeness (QED) is 0.871. The zero-order valence-electron chi connectivity index (χ0n) is 13.8. The third-order valence-corrected chi connectivity index (χ3v) is 6.14. The van der Waals surface area contributed by atoms with Gasteiger partial charge in [-0.15, -0.1) is 11.8 Å². The molecule has 0 spiro atoms. The number of carbonyl (C=O) groups is 1. The predicted molar refractivity (Wildman–Crippen MR) is 93.4 cm³/mol. The molecule has 7 nitrogen and oxygen atoms in total. The number of amides is 1. The van der Waals surface area contributed by atoms with Crippen molar-refractivity contribution in [1.29, 1.82) is 0 Å². The number of H-pyrrole nitrogens is 1. The van der Waals surface area contributed by atoms with E-state index in [1.165, 1.54) is 11.8 Å². The van der Waals surface area contributed by atoms with E-state index in [1.54, 1.807) is 4.68 Å². The summed E-state index contributed by atoms with van der Waals surface area (Å²) in [6.45, 7) is 1.94. The summed E-state index contributed by atoms with van der Waals surface area (Å²) < 4.78 is 3.65. The molecule has 1 fully saturated rings. The van der Waals surface area contributed by atoms with Crippen LogP contribution in [0.25, 0.3) is 0 Å². The third kappa shape index (κ3) is 2.49. The van der Waals surface area contributed by atoms with Crippen LogP contribution in [0, 0.1) is 6.92 Å². The summed E-state index contributed by atoms with van der Waals surface area (Å²) in [6, 6.07) is 0.264. The van der Waals surface area contributed by atoms with Crippen molar-refractivity contribution in [3.05, 3.63) is 33.4 Å². The Balaban J connectivity index is 1.87. The number of aromatic amines is 1. The molecule has 1 aliphatic carbocycles. The van der Waals surface area contributed by atoms with Crippen LogP contribution in [-0.4, -0.2) is 31.2 Å². The molecule has 0 radical (unpaired) electrons. The van der Waals surface area contributed by atoms with Crippen LogP contribution in [-0.2, 0) is 11.8 Å². The van der Waals surface area contributed by atoms with Crippen LogP contribution < -0.4 is 10.9 Å². The van der Waals surface area contributed by atoms with Crippen molar-refractivity contribution in [2.24, 2.45) is 7.05 Å². The number of aromatic nitrogens is 4. The standard InChI is InChI=1S/C16H21N5O2S/c1-9-11(7-20(2)18-9)14-13-15(17-12(22)8-24-14)21(19-16(13)23)10-5-3-4-6-10/h7,10,14H,3-6,8H2,1-2H3,(H,17,22)(H,19,23). The van der Waals surface area contributed by atoms with E-state index in [9.17, 15) is 9.59 Å². The Morgan fingerprint density at radius 2 is 2.04 bits per heavy atom. The molecule has 0 aromatic carbocycles. The van der Waals surface area contributed by atoms with Gasteiger partial charge in [0.15, 0.2) is 0 Å². The third-order valence-electron chi connectivity index (χ3n) is 4.89. The highest BCUT2D eigenvalue weighted by Gasteiger charge is 2.34. The predicted octanol–water partition coefficient (Wildman–Crippen LogP) is 2.11. The monoisotopic (exact) mass is 347 g/mol. The van der Waals surface area contributed by atoms with Crippen molar-refractivity contribution in [1.82, 2.24) is 19.6 Å². The van der Waals surface area contributed by atoms with E-state index < -0.39 is 0 Å². The van der Waals surface area contributed by atoms with Crippen molar-refractivity contribution in [3.8, 4) is 0 Å². The van der Waals surface area contributed by atoms with Crippen LogP contribution >= 0.6 is 11.8 Å². The molecule has 1 unspecified atom stereocenters. The molecule has 1 amide bonds. The number of aryl methyl sites for hydroxylation is 2. The highest BCUT2D eigenvalue weighted by Crippen LogP contribution is 2.42. The molecule has 3 heterocycles. The molecule has 128 valence electrons. The number of fused-ring (bicyclic) bond motifs is 1. The Morgan fingerprint density at radius 1 is 1.29 bits per heavy atom. The van der Waals surface area contributed by atoms with Crippen LogP contribution in [0.2, 0.25) is 0 Å². The van der Waals surface area contributed by atoms with E-state index in [2.05, 4.69) is 15.5 Å². The SMILES string of the molecule is Cc1nn(C)cc1C1SCC(=O)Nc2c1c(=O)[nH]n2C1CCCC1. The van der Waals surface area contributed by atoms with Gasteiger partial charge in [-0.25, -0.2) is 0 Å². The Labute approximate surface area is 143 Å². The summed E-state index contributed by atoms with van der Waals surface area (Å²) in [6.07, 6.45) is 6.34. The van der Waals surface area contributed by atoms with Gasteiger partial charge in [-0.1, -0.05) is 12.8 Å². The second-order valence-corrected chi connectivity index (χ2v) is 7.69. The lowest BCUT2D eigenvalue weighted by atomic mass is 10.1. The van der Waals surface area contributed by atoms with Crippen molar-refractivity contribution in [3.63, 3.8) is 0 Å². The Bertz CT molecular complexity index is 843. The summed E-state index contributed by atoms with van der Waals surface area (Å²) >= 11 is 1.49. The fraction of sp³-hybridized carbons (Fsp3) is 0.562. The Kier molecular flexibility index (Phi) is 3.79. The van der Waals surface area contributed by atoms with Crippen molar-refractivity contribution < 1.29 is 4.79 Å². The van der Waals surface area contributed by atoms with Crippen LogP contribution in [0.5, 0.6) is 0 Å². The number of thioether (sulfide) groups is 1. The van der Waals surface area contributed by atoms with Gasteiger partial charge < -0.3 is 5.32 Å². The Morgan fingerprint density at radius 3 is 2.71 bits per heavy atom. The normalized spacial score (nSPS) is 21.6. The van der Waals surface area contributed by atoms with E-state index in [-0.39, 0.29) is 22.8 Å². The molecule has 2 N–H and O–H groups in total. The molecule has 1 saturated carbocycles. The fourth-order valence-corrected chi connectivity index (χ4v) is 4.99. The molecule has 0 bridgehead atoms. The van der Waals surface area contributed by atoms with Gasteiger partial charge in [0.2, 0.25) is 5.91 Å². The van der Waals surface area contributed by atoms with Gasteiger partial charge >= 0.3 is 0 Å². The summed E-state index contributed by atoms with van der Waals surface area (Å²) in [4.78, 5) is 24.9. The van der Waals surface area contributed by atoms with E-state index in [4.69, 9.17) is 0 Å². The lowest BCUT2D eigenvalue weighted by Gasteiger charge is -2.16. The van der Waals surface area contributed by atoms with Gasteiger partial charge in [-0.2, -0.15) is 5.10 Å². The topological polar surface area (TPSA) is 84.7 Å². The lowest BCUT2D eigenvalue weighted by molar-refractivity contribution is -0.113. The second kappa shape index (κ2) is 5.84.